The molecule has 2 aromatic carbocycles. The third-order valence-corrected chi connectivity index (χ3v) is 3.24. The number of para-hydroxylation sites is 4. The van der Waals surface area contributed by atoms with E-state index in [-0.39, 0.29) is 11.4 Å². The van der Waals surface area contributed by atoms with Gasteiger partial charge in [-0.2, -0.15) is 8.78 Å². The summed E-state index contributed by atoms with van der Waals surface area (Å²) in [4.78, 5) is 23.6. The van der Waals surface area contributed by atoms with Gasteiger partial charge in [0.2, 0.25) is 0 Å². The van der Waals surface area contributed by atoms with E-state index in [1.165, 1.54) is 24.3 Å². The van der Waals surface area contributed by atoms with E-state index in [1.54, 1.807) is 24.3 Å². The standard InChI is InChI=1S/C19H19F2NO6/c1-2-25-15-9-5-6-10-16(15)26-12-18(24)27-11-17(23)22-13-7-3-4-8-14(13)28-19(20)21/h3-10,19H,2,11-12H2,1H3,(H,22,23). The van der Waals surface area contributed by atoms with Crippen molar-refractivity contribution in [3.05, 3.63) is 48.5 Å². The van der Waals surface area contributed by atoms with Crippen molar-refractivity contribution in [2.75, 3.05) is 25.1 Å². The summed E-state index contributed by atoms with van der Waals surface area (Å²) in [5.41, 5.74) is 0.0331. The molecule has 1 amide bonds. The van der Waals surface area contributed by atoms with Gasteiger partial charge in [-0.3, -0.25) is 4.79 Å². The van der Waals surface area contributed by atoms with Gasteiger partial charge >= 0.3 is 12.6 Å². The van der Waals surface area contributed by atoms with E-state index in [1.807, 2.05) is 6.92 Å². The Bertz CT molecular complexity index is 799. The molecular weight excluding hydrogens is 376 g/mol. The number of halogens is 2. The summed E-state index contributed by atoms with van der Waals surface area (Å²) in [6.45, 7) is -1.83. The highest BCUT2D eigenvalue weighted by Gasteiger charge is 2.14. The Morgan fingerprint density at radius 3 is 2.18 bits per heavy atom. The third-order valence-electron chi connectivity index (χ3n) is 3.24. The third kappa shape index (κ3) is 6.75. The maximum atomic E-state index is 12.4. The second-order valence-corrected chi connectivity index (χ2v) is 5.25. The highest BCUT2D eigenvalue weighted by atomic mass is 19.3. The molecule has 0 aromatic heterocycles. The molecule has 0 unspecified atom stereocenters. The first-order valence-corrected chi connectivity index (χ1v) is 8.33. The van der Waals surface area contributed by atoms with Crippen LogP contribution in [0.4, 0.5) is 14.5 Å². The summed E-state index contributed by atoms with van der Waals surface area (Å²) in [7, 11) is 0. The monoisotopic (exact) mass is 395 g/mol. The molecule has 2 aromatic rings. The van der Waals surface area contributed by atoms with E-state index in [9.17, 15) is 18.4 Å². The average Bonchev–Trinajstić information content (AvgIpc) is 2.67. The van der Waals surface area contributed by atoms with Gasteiger partial charge in [0.15, 0.2) is 24.7 Å². The largest absolute Gasteiger partial charge is 0.490 e. The zero-order chi connectivity index (χ0) is 20.4. The lowest BCUT2D eigenvalue weighted by Crippen LogP contribution is -2.24. The van der Waals surface area contributed by atoms with Crippen molar-refractivity contribution >= 4 is 17.6 Å². The summed E-state index contributed by atoms with van der Waals surface area (Å²) in [5.74, 6) is -0.852. The van der Waals surface area contributed by atoms with E-state index in [4.69, 9.17) is 14.2 Å². The van der Waals surface area contributed by atoms with Crippen LogP contribution in [0.1, 0.15) is 6.92 Å². The van der Waals surface area contributed by atoms with Crippen molar-refractivity contribution in [2.45, 2.75) is 13.5 Å². The molecule has 28 heavy (non-hydrogen) atoms. The van der Waals surface area contributed by atoms with Gasteiger partial charge in [-0.05, 0) is 31.2 Å². The van der Waals surface area contributed by atoms with E-state index in [0.717, 1.165) is 0 Å². The Morgan fingerprint density at radius 1 is 0.929 bits per heavy atom. The van der Waals surface area contributed by atoms with Gasteiger partial charge in [-0.1, -0.05) is 24.3 Å². The minimum Gasteiger partial charge on any atom is -0.490 e. The lowest BCUT2D eigenvalue weighted by molar-refractivity contribution is -0.149. The van der Waals surface area contributed by atoms with Crippen molar-refractivity contribution < 1.29 is 37.3 Å². The van der Waals surface area contributed by atoms with Crippen LogP contribution in [0.15, 0.2) is 48.5 Å². The van der Waals surface area contributed by atoms with E-state index in [0.29, 0.717) is 18.1 Å². The quantitative estimate of drug-likeness (QED) is 0.622. The van der Waals surface area contributed by atoms with Crippen LogP contribution in [-0.2, 0) is 14.3 Å². The second-order valence-electron chi connectivity index (χ2n) is 5.25. The number of benzene rings is 2. The molecular formula is C19H19F2NO6. The molecule has 0 saturated carbocycles. The van der Waals surface area contributed by atoms with Crippen LogP contribution in [0.5, 0.6) is 17.2 Å². The molecule has 0 heterocycles. The molecule has 150 valence electrons. The van der Waals surface area contributed by atoms with Crippen LogP contribution >= 0.6 is 0 Å². The molecule has 1 N–H and O–H groups in total. The topological polar surface area (TPSA) is 83.1 Å². The smallest absolute Gasteiger partial charge is 0.387 e. The van der Waals surface area contributed by atoms with Crippen LogP contribution in [0.3, 0.4) is 0 Å². The molecule has 0 aliphatic heterocycles. The molecule has 9 heteroatoms. The summed E-state index contributed by atoms with van der Waals surface area (Å²) in [5, 5.41) is 2.34. The number of rotatable bonds is 10. The van der Waals surface area contributed by atoms with E-state index >= 15 is 0 Å². The fraction of sp³-hybridized carbons (Fsp3) is 0.263. The maximum absolute atomic E-state index is 12.4. The molecule has 0 fully saturated rings. The van der Waals surface area contributed by atoms with Crippen LogP contribution in [-0.4, -0.2) is 38.3 Å². The van der Waals surface area contributed by atoms with Crippen LogP contribution in [0, 0.1) is 0 Å². The number of hydrogen-bond donors (Lipinski definition) is 1. The Labute approximate surface area is 160 Å². The number of carbonyl (C=O) groups is 2. The first-order chi connectivity index (χ1) is 13.5. The number of anilines is 1. The Kier molecular flexibility index (Phi) is 8.01. The van der Waals surface area contributed by atoms with Crippen LogP contribution in [0.25, 0.3) is 0 Å². The van der Waals surface area contributed by atoms with Gasteiger partial charge in [-0.25, -0.2) is 4.79 Å². The van der Waals surface area contributed by atoms with Gasteiger partial charge in [-0.15, -0.1) is 0 Å². The number of ether oxygens (including phenoxy) is 4. The molecule has 0 saturated heterocycles. The second kappa shape index (κ2) is 10.7. The van der Waals surface area contributed by atoms with Gasteiger partial charge in [0.25, 0.3) is 5.91 Å². The molecule has 0 atom stereocenters. The number of carbonyl (C=O) groups excluding carboxylic acids is 2. The summed E-state index contributed by atoms with van der Waals surface area (Å²) < 4.78 is 44.5. The van der Waals surface area contributed by atoms with Gasteiger partial charge in [0, 0.05) is 0 Å². The molecule has 0 bridgehead atoms. The van der Waals surface area contributed by atoms with Crippen molar-refractivity contribution in [2.24, 2.45) is 0 Å². The lowest BCUT2D eigenvalue weighted by Gasteiger charge is -2.12. The zero-order valence-corrected chi connectivity index (χ0v) is 15.0. The SMILES string of the molecule is CCOc1ccccc1OCC(=O)OCC(=O)Nc1ccccc1OC(F)F. The minimum absolute atomic E-state index is 0.0331. The van der Waals surface area contributed by atoms with Gasteiger partial charge in [0.1, 0.15) is 5.75 Å². The first-order valence-electron chi connectivity index (χ1n) is 8.33. The highest BCUT2D eigenvalue weighted by molar-refractivity contribution is 5.94. The summed E-state index contributed by atoms with van der Waals surface area (Å²) in [6, 6.07) is 12.5. The lowest BCUT2D eigenvalue weighted by atomic mass is 10.3. The fourth-order valence-electron chi connectivity index (χ4n) is 2.12. The maximum Gasteiger partial charge on any atom is 0.387 e. The number of alkyl halides is 2. The molecule has 0 spiro atoms. The van der Waals surface area contributed by atoms with Crippen LogP contribution < -0.4 is 19.5 Å². The molecule has 0 radical (unpaired) electrons. The van der Waals surface area contributed by atoms with Crippen molar-refractivity contribution in [3.8, 4) is 17.2 Å². The van der Waals surface area contributed by atoms with Gasteiger partial charge in [0.05, 0.1) is 12.3 Å². The molecule has 0 aliphatic rings. The first kappa shape index (κ1) is 20.9. The zero-order valence-electron chi connectivity index (χ0n) is 15.0. The highest BCUT2D eigenvalue weighted by Crippen LogP contribution is 2.26. The predicted octanol–water partition coefficient (Wildman–Crippen LogP) is 3.25. The van der Waals surface area contributed by atoms with Crippen molar-refractivity contribution in [3.63, 3.8) is 0 Å². The Hall–Kier alpha value is -3.36. The summed E-state index contributed by atoms with van der Waals surface area (Å²) >= 11 is 0. The van der Waals surface area contributed by atoms with Crippen LogP contribution in [0.2, 0.25) is 0 Å². The van der Waals surface area contributed by atoms with E-state index in [2.05, 4.69) is 10.1 Å². The molecule has 2 rings (SSSR count). The van der Waals surface area contributed by atoms with Crippen molar-refractivity contribution in [1.82, 2.24) is 0 Å². The minimum atomic E-state index is -3.03. The number of esters is 1. The number of hydrogen-bond acceptors (Lipinski definition) is 6. The average molecular weight is 395 g/mol. The molecule has 7 nitrogen and oxygen atoms in total. The number of amides is 1. The molecule has 0 aliphatic carbocycles. The Balaban J connectivity index is 1.81. The fourth-order valence-corrected chi connectivity index (χ4v) is 2.12. The van der Waals surface area contributed by atoms with Gasteiger partial charge < -0.3 is 24.3 Å². The van der Waals surface area contributed by atoms with E-state index < -0.39 is 31.7 Å². The normalized spacial score (nSPS) is 10.3. The van der Waals surface area contributed by atoms with Crippen molar-refractivity contribution in [1.29, 1.82) is 0 Å². The predicted molar refractivity (Wildman–Crippen MR) is 95.8 cm³/mol. The number of nitrogens with one attached hydrogen (secondary N) is 1. The summed E-state index contributed by atoms with van der Waals surface area (Å²) in [6.07, 6.45) is 0. The Morgan fingerprint density at radius 2 is 1.54 bits per heavy atom.